The molecule has 0 aliphatic rings. The Kier molecular flexibility index (Phi) is 12.2. The summed E-state index contributed by atoms with van der Waals surface area (Å²) in [6.07, 6.45) is 8.60. The Morgan fingerprint density at radius 2 is 1.24 bits per heavy atom. The summed E-state index contributed by atoms with van der Waals surface area (Å²) in [6.45, 7) is 1.51. The number of fused-ring (bicyclic) bond motifs is 1. The van der Waals surface area contributed by atoms with Gasteiger partial charge in [0.1, 0.15) is 0 Å². The van der Waals surface area contributed by atoms with E-state index in [9.17, 15) is 16.8 Å². The minimum absolute atomic E-state index is 0.0459. The van der Waals surface area contributed by atoms with E-state index >= 15 is 0 Å². The van der Waals surface area contributed by atoms with Gasteiger partial charge in [-0.3, -0.25) is 0 Å². The molecule has 10 heteroatoms. The van der Waals surface area contributed by atoms with E-state index in [1.54, 1.807) is 0 Å². The summed E-state index contributed by atoms with van der Waals surface area (Å²) in [5, 5.41) is 4.46. The van der Waals surface area contributed by atoms with Crippen molar-refractivity contribution in [1.82, 2.24) is 14.0 Å². The van der Waals surface area contributed by atoms with Gasteiger partial charge in [0.2, 0.25) is 20.0 Å². The molecule has 0 radical (unpaired) electrons. The van der Waals surface area contributed by atoms with Crippen LogP contribution in [0.25, 0.3) is 10.9 Å². The van der Waals surface area contributed by atoms with Crippen LogP contribution >= 0.6 is 0 Å². The Morgan fingerprint density at radius 3 is 1.83 bits per heavy atom. The molecule has 0 amide bonds. The average Bonchev–Trinajstić information content (AvgIpc) is 3.48. The molecule has 0 atom stereocenters. The number of sulfonamides is 2. The van der Waals surface area contributed by atoms with Crippen LogP contribution in [-0.2, 0) is 46.0 Å². The number of hydrogen-bond donors (Lipinski definition) is 3. The SMILES string of the molecule is C#Cc1cc(CCS(=O)(=O)NC)ccc1NCc1ccccc1.CNS(=O)(=O)CCc1ccc2c(ccn2Cc2ccccc2)c1. The summed E-state index contributed by atoms with van der Waals surface area (Å²) in [6, 6.07) is 34.3. The van der Waals surface area contributed by atoms with Crippen molar-refractivity contribution < 1.29 is 16.8 Å². The van der Waals surface area contributed by atoms with Gasteiger partial charge in [0.05, 0.1) is 17.2 Å². The van der Waals surface area contributed by atoms with Gasteiger partial charge >= 0.3 is 0 Å². The Balaban J connectivity index is 0.000000209. The Hall–Kier alpha value is -4.40. The largest absolute Gasteiger partial charge is 0.380 e. The number of benzene rings is 4. The molecule has 1 aromatic heterocycles. The Morgan fingerprint density at radius 1 is 0.674 bits per heavy atom. The molecular weight excluding hydrogens is 617 g/mol. The third-order valence-corrected chi connectivity index (χ3v) is 10.3. The number of hydrogen-bond acceptors (Lipinski definition) is 5. The quantitative estimate of drug-likeness (QED) is 0.152. The number of nitrogens with zero attached hydrogens (tertiary/aromatic N) is 1. The van der Waals surface area contributed by atoms with Crippen LogP contribution in [0.4, 0.5) is 5.69 Å². The second kappa shape index (κ2) is 16.2. The summed E-state index contributed by atoms with van der Waals surface area (Å²) >= 11 is 0. The molecule has 0 aliphatic carbocycles. The fourth-order valence-corrected chi connectivity index (χ4v) is 6.26. The van der Waals surface area contributed by atoms with Crippen LogP contribution in [0.3, 0.4) is 0 Å². The lowest BCUT2D eigenvalue weighted by Crippen LogP contribution is -2.23. The third kappa shape index (κ3) is 10.3. The molecule has 5 aromatic rings. The number of anilines is 1. The summed E-state index contributed by atoms with van der Waals surface area (Å²) < 4.78 is 52.9. The second-order valence-electron chi connectivity index (χ2n) is 10.7. The van der Waals surface area contributed by atoms with Gasteiger partial charge in [0.25, 0.3) is 0 Å². The average molecular weight is 657 g/mol. The van der Waals surface area contributed by atoms with Crippen molar-refractivity contribution in [3.63, 3.8) is 0 Å². The minimum Gasteiger partial charge on any atom is -0.380 e. The van der Waals surface area contributed by atoms with Gasteiger partial charge in [-0.15, -0.1) is 6.42 Å². The standard InChI is InChI=1S/2C18H20N2O2S/c1-19-23(21,22)12-10-15-7-8-18-17(13-15)9-11-20(18)14-16-5-3-2-4-6-16;1-3-17-13-15(11-12-23(21,22)19-2)9-10-18(17)20-14-16-7-5-4-6-8-16/h2-9,11,13,19H,10,12,14H2,1H3;1,4-10,13,19-20H,11-12,14H2,2H3. The predicted molar refractivity (Wildman–Crippen MR) is 189 cm³/mol. The van der Waals surface area contributed by atoms with E-state index < -0.39 is 20.0 Å². The first-order valence-corrected chi connectivity index (χ1v) is 18.2. The molecule has 0 fully saturated rings. The molecular formula is C36H40N4O4S2. The first kappa shape index (κ1) is 34.5. The van der Waals surface area contributed by atoms with E-state index in [1.807, 2.05) is 72.8 Å². The van der Waals surface area contributed by atoms with Gasteiger partial charge in [0, 0.05) is 30.4 Å². The first-order valence-electron chi connectivity index (χ1n) is 14.9. The fraction of sp³-hybridized carbons (Fsp3) is 0.222. The monoisotopic (exact) mass is 656 g/mol. The lowest BCUT2D eigenvalue weighted by molar-refractivity contribution is 0.586. The van der Waals surface area contributed by atoms with E-state index in [4.69, 9.17) is 6.42 Å². The maximum atomic E-state index is 11.5. The van der Waals surface area contributed by atoms with Crippen LogP contribution in [0.5, 0.6) is 0 Å². The summed E-state index contributed by atoms with van der Waals surface area (Å²) in [5.41, 5.74) is 7.13. The lowest BCUT2D eigenvalue weighted by atomic mass is 10.1. The van der Waals surface area contributed by atoms with Crippen molar-refractivity contribution in [2.75, 3.05) is 30.9 Å². The normalized spacial score (nSPS) is 11.4. The molecule has 4 aromatic carbocycles. The molecule has 46 heavy (non-hydrogen) atoms. The highest BCUT2D eigenvalue weighted by molar-refractivity contribution is 7.89. The Labute approximate surface area is 273 Å². The van der Waals surface area contributed by atoms with Gasteiger partial charge in [-0.1, -0.05) is 78.7 Å². The highest BCUT2D eigenvalue weighted by atomic mass is 32.2. The number of terminal acetylenes is 1. The van der Waals surface area contributed by atoms with Crippen molar-refractivity contribution in [3.05, 3.63) is 137 Å². The minimum atomic E-state index is -3.21. The summed E-state index contributed by atoms with van der Waals surface area (Å²) in [4.78, 5) is 0. The summed E-state index contributed by atoms with van der Waals surface area (Å²) in [5.74, 6) is 2.81. The van der Waals surface area contributed by atoms with Crippen LogP contribution in [0.15, 0.2) is 109 Å². The molecule has 3 N–H and O–H groups in total. The maximum Gasteiger partial charge on any atom is 0.211 e. The number of nitrogens with one attached hydrogen (secondary N) is 3. The van der Waals surface area contributed by atoms with Crippen molar-refractivity contribution in [1.29, 1.82) is 0 Å². The molecule has 0 saturated heterocycles. The molecule has 0 aliphatic heterocycles. The molecule has 0 bridgehead atoms. The molecule has 0 unspecified atom stereocenters. The van der Waals surface area contributed by atoms with E-state index in [2.05, 4.69) is 61.8 Å². The molecule has 8 nitrogen and oxygen atoms in total. The zero-order chi connectivity index (χ0) is 33.0. The van der Waals surface area contributed by atoms with E-state index in [0.29, 0.717) is 19.4 Å². The first-order chi connectivity index (χ1) is 22.1. The molecule has 240 valence electrons. The smallest absolute Gasteiger partial charge is 0.211 e. The number of rotatable bonds is 13. The van der Waals surface area contributed by atoms with Crippen LogP contribution in [0.1, 0.15) is 27.8 Å². The topological polar surface area (TPSA) is 109 Å². The highest BCUT2D eigenvalue weighted by Gasteiger charge is 2.10. The predicted octanol–water partition coefficient (Wildman–Crippen LogP) is 5.15. The molecule has 5 rings (SSSR count). The number of aryl methyl sites for hydroxylation is 2. The van der Waals surface area contributed by atoms with Crippen molar-refractivity contribution >= 4 is 36.6 Å². The van der Waals surface area contributed by atoms with Gasteiger partial charge in [-0.25, -0.2) is 26.3 Å². The van der Waals surface area contributed by atoms with Gasteiger partial charge in [-0.2, -0.15) is 0 Å². The zero-order valence-electron chi connectivity index (χ0n) is 26.1. The van der Waals surface area contributed by atoms with Gasteiger partial charge in [0.15, 0.2) is 0 Å². The maximum absolute atomic E-state index is 11.5. The molecule has 0 saturated carbocycles. The van der Waals surface area contributed by atoms with E-state index in [1.165, 1.54) is 25.2 Å². The van der Waals surface area contributed by atoms with E-state index in [0.717, 1.165) is 39.8 Å². The van der Waals surface area contributed by atoms with Crippen LogP contribution < -0.4 is 14.8 Å². The van der Waals surface area contributed by atoms with Gasteiger partial charge in [-0.05, 0) is 84.9 Å². The second-order valence-corrected chi connectivity index (χ2v) is 14.8. The molecule has 0 spiro atoms. The number of aromatic nitrogens is 1. The van der Waals surface area contributed by atoms with Crippen LogP contribution in [0, 0.1) is 12.3 Å². The van der Waals surface area contributed by atoms with E-state index in [-0.39, 0.29) is 11.5 Å². The zero-order valence-corrected chi connectivity index (χ0v) is 27.7. The summed E-state index contributed by atoms with van der Waals surface area (Å²) in [7, 11) is -3.51. The third-order valence-electron chi connectivity index (χ3n) is 7.54. The molecule has 1 heterocycles. The van der Waals surface area contributed by atoms with Crippen molar-refractivity contribution in [3.8, 4) is 12.3 Å². The van der Waals surface area contributed by atoms with Crippen LogP contribution in [0.2, 0.25) is 0 Å². The lowest BCUT2D eigenvalue weighted by Gasteiger charge is -2.11. The van der Waals surface area contributed by atoms with Crippen molar-refractivity contribution in [2.45, 2.75) is 25.9 Å². The van der Waals surface area contributed by atoms with Crippen molar-refractivity contribution in [2.24, 2.45) is 0 Å². The highest BCUT2D eigenvalue weighted by Crippen LogP contribution is 2.20. The Bertz CT molecular complexity index is 1980. The van der Waals surface area contributed by atoms with Gasteiger partial charge < -0.3 is 9.88 Å². The fourth-order valence-electron chi connectivity index (χ4n) is 4.85. The van der Waals surface area contributed by atoms with Crippen LogP contribution in [-0.4, -0.2) is 47.0 Å².